The SMILES string of the molecule is COc1cc(NC(=O)c2c(Cl)cccc2CC(=O)[C@H](C)OC(N)=O)[nH]n1. The van der Waals surface area contributed by atoms with Gasteiger partial charge in [0.15, 0.2) is 11.9 Å². The van der Waals surface area contributed by atoms with Gasteiger partial charge in [-0.25, -0.2) is 4.79 Å². The van der Waals surface area contributed by atoms with E-state index >= 15 is 0 Å². The van der Waals surface area contributed by atoms with E-state index in [0.717, 1.165) is 0 Å². The van der Waals surface area contributed by atoms with Crippen molar-refractivity contribution < 1.29 is 23.9 Å². The number of ether oxygens (including phenoxy) is 2. The number of Topliss-reactive ketones (excluding diaryl/α,β-unsaturated/α-hetero) is 1. The Hall–Kier alpha value is -3.07. The smallest absolute Gasteiger partial charge is 0.405 e. The number of aromatic amines is 1. The lowest BCUT2D eigenvalue weighted by molar-refractivity contribution is -0.125. The summed E-state index contributed by atoms with van der Waals surface area (Å²) in [4.78, 5) is 35.5. The molecule has 1 aromatic carbocycles. The molecule has 0 aliphatic heterocycles. The Bertz CT molecular complexity index is 836. The fraction of sp³-hybridized carbons (Fsp3) is 0.250. The molecule has 1 aromatic heterocycles. The second-order valence-electron chi connectivity index (χ2n) is 5.27. The summed E-state index contributed by atoms with van der Waals surface area (Å²) < 4.78 is 9.58. The van der Waals surface area contributed by atoms with Gasteiger partial charge in [0.1, 0.15) is 5.82 Å². The fourth-order valence-corrected chi connectivity index (χ4v) is 2.48. The average molecular weight is 381 g/mol. The van der Waals surface area contributed by atoms with Gasteiger partial charge in [-0.15, -0.1) is 5.10 Å². The van der Waals surface area contributed by atoms with Crippen LogP contribution in [0.5, 0.6) is 5.88 Å². The molecule has 0 aliphatic rings. The molecule has 0 saturated carbocycles. The van der Waals surface area contributed by atoms with Gasteiger partial charge in [0.2, 0.25) is 5.88 Å². The third-order valence-electron chi connectivity index (χ3n) is 3.45. The topological polar surface area (TPSA) is 136 Å². The molecule has 0 unspecified atom stereocenters. The van der Waals surface area contributed by atoms with Crippen molar-refractivity contribution in [3.8, 4) is 5.88 Å². The molecule has 138 valence electrons. The zero-order valence-corrected chi connectivity index (χ0v) is 14.8. The number of ketones is 1. The number of hydrogen-bond donors (Lipinski definition) is 3. The number of nitrogens with one attached hydrogen (secondary N) is 2. The van der Waals surface area contributed by atoms with Crippen LogP contribution in [-0.4, -0.2) is 41.2 Å². The molecule has 2 aromatic rings. The van der Waals surface area contributed by atoms with Crippen molar-refractivity contribution in [2.24, 2.45) is 5.73 Å². The highest BCUT2D eigenvalue weighted by atomic mass is 35.5. The number of aromatic nitrogens is 2. The van der Waals surface area contributed by atoms with Gasteiger partial charge in [-0.1, -0.05) is 23.7 Å². The van der Waals surface area contributed by atoms with Crippen LogP contribution in [0.15, 0.2) is 24.3 Å². The quantitative estimate of drug-likeness (QED) is 0.671. The maximum atomic E-state index is 12.6. The number of H-pyrrole nitrogens is 1. The number of carbonyl (C=O) groups excluding carboxylic acids is 3. The maximum Gasteiger partial charge on any atom is 0.405 e. The van der Waals surface area contributed by atoms with Gasteiger partial charge in [-0.3, -0.25) is 14.7 Å². The molecule has 10 heteroatoms. The number of nitrogens with zero attached hydrogens (tertiary/aromatic N) is 1. The van der Waals surface area contributed by atoms with E-state index in [9.17, 15) is 14.4 Å². The molecule has 2 rings (SSSR count). The van der Waals surface area contributed by atoms with Gasteiger partial charge >= 0.3 is 6.09 Å². The first-order valence-corrected chi connectivity index (χ1v) is 7.86. The predicted molar refractivity (Wildman–Crippen MR) is 93.4 cm³/mol. The molecule has 9 nitrogen and oxygen atoms in total. The summed E-state index contributed by atoms with van der Waals surface area (Å²) in [6.45, 7) is 1.40. The molecular weight excluding hydrogens is 364 g/mol. The first kappa shape index (κ1) is 19.3. The highest BCUT2D eigenvalue weighted by Gasteiger charge is 2.22. The fourth-order valence-electron chi connectivity index (χ4n) is 2.20. The number of rotatable bonds is 7. The van der Waals surface area contributed by atoms with Gasteiger partial charge in [-0.05, 0) is 18.6 Å². The molecule has 26 heavy (non-hydrogen) atoms. The van der Waals surface area contributed by atoms with Gasteiger partial charge in [0, 0.05) is 12.5 Å². The zero-order valence-electron chi connectivity index (χ0n) is 14.0. The average Bonchev–Trinajstić information content (AvgIpc) is 3.01. The van der Waals surface area contributed by atoms with Gasteiger partial charge in [0.05, 0.1) is 17.7 Å². The number of benzene rings is 1. The highest BCUT2D eigenvalue weighted by molar-refractivity contribution is 6.34. The largest absolute Gasteiger partial charge is 0.480 e. The van der Waals surface area contributed by atoms with E-state index in [2.05, 4.69) is 20.3 Å². The standard InChI is InChI=1S/C16H17ClN4O5/c1-8(26-16(18)24)11(22)6-9-4-3-5-10(17)14(9)15(23)19-12-7-13(25-2)21-20-12/h3-5,7-8H,6H2,1-2H3,(H2,18,24)(H2,19,20,21,23)/t8-/m0/s1. The molecule has 2 amide bonds. The van der Waals surface area contributed by atoms with Crippen LogP contribution in [0.25, 0.3) is 0 Å². The molecule has 0 radical (unpaired) electrons. The summed E-state index contributed by atoms with van der Waals surface area (Å²) in [6, 6.07) is 6.22. The molecule has 0 bridgehead atoms. The Morgan fingerprint density at radius 3 is 2.73 bits per heavy atom. The number of nitrogens with two attached hydrogens (primary N) is 1. The third kappa shape index (κ3) is 4.73. The molecule has 1 atom stereocenters. The van der Waals surface area contributed by atoms with Gasteiger partial charge < -0.3 is 20.5 Å². The summed E-state index contributed by atoms with van der Waals surface area (Å²) in [6.07, 6.45) is -2.26. The van der Waals surface area contributed by atoms with Crippen molar-refractivity contribution in [3.63, 3.8) is 0 Å². The minimum absolute atomic E-state index is 0.127. The van der Waals surface area contributed by atoms with Crippen LogP contribution in [0.2, 0.25) is 5.02 Å². The second-order valence-corrected chi connectivity index (χ2v) is 5.68. The van der Waals surface area contributed by atoms with Crippen molar-refractivity contribution in [1.29, 1.82) is 0 Å². The molecule has 0 aliphatic carbocycles. The molecule has 1 heterocycles. The van der Waals surface area contributed by atoms with Gasteiger partial charge in [0.25, 0.3) is 5.91 Å². The van der Waals surface area contributed by atoms with E-state index in [1.165, 1.54) is 26.2 Å². The zero-order chi connectivity index (χ0) is 19.3. The Kier molecular flexibility index (Phi) is 6.18. The third-order valence-corrected chi connectivity index (χ3v) is 3.76. The van der Waals surface area contributed by atoms with Crippen LogP contribution in [-0.2, 0) is 16.0 Å². The Morgan fingerprint density at radius 2 is 2.12 bits per heavy atom. The summed E-state index contributed by atoms with van der Waals surface area (Å²) in [5, 5.41) is 9.16. The maximum absolute atomic E-state index is 12.6. The van der Waals surface area contributed by atoms with E-state index in [0.29, 0.717) is 17.3 Å². The molecule has 0 spiro atoms. The number of hydrogen-bond acceptors (Lipinski definition) is 6. The van der Waals surface area contributed by atoms with E-state index in [4.69, 9.17) is 22.1 Å². The number of anilines is 1. The number of primary amides is 1. The summed E-state index contributed by atoms with van der Waals surface area (Å²) in [7, 11) is 1.44. The van der Waals surface area contributed by atoms with Crippen molar-refractivity contribution in [2.75, 3.05) is 12.4 Å². The Morgan fingerprint density at radius 1 is 1.38 bits per heavy atom. The lowest BCUT2D eigenvalue weighted by Crippen LogP contribution is -2.29. The molecule has 0 fully saturated rings. The molecule has 0 saturated heterocycles. The van der Waals surface area contributed by atoms with Crippen LogP contribution >= 0.6 is 11.6 Å². The summed E-state index contributed by atoms with van der Waals surface area (Å²) in [5.74, 6) is -0.363. The minimum atomic E-state index is -1.05. The number of amides is 2. The summed E-state index contributed by atoms with van der Waals surface area (Å²) >= 11 is 6.14. The van der Waals surface area contributed by atoms with Crippen LogP contribution in [0, 0.1) is 0 Å². The summed E-state index contributed by atoms with van der Waals surface area (Å²) in [5.41, 5.74) is 5.42. The second kappa shape index (κ2) is 8.34. The van der Waals surface area contributed by atoms with E-state index in [-0.39, 0.29) is 17.0 Å². The van der Waals surface area contributed by atoms with Crippen molar-refractivity contribution >= 4 is 35.2 Å². The van der Waals surface area contributed by atoms with E-state index < -0.39 is 23.9 Å². The predicted octanol–water partition coefficient (Wildman–Crippen LogP) is 1.92. The lowest BCUT2D eigenvalue weighted by atomic mass is 9.99. The van der Waals surface area contributed by atoms with Crippen molar-refractivity contribution in [1.82, 2.24) is 10.2 Å². The lowest BCUT2D eigenvalue weighted by Gasteiger charge is -2.13. The first-order chi connectivity index (χ1) is 12.3. The Labute approximate surface area is 153 Å². The number of carbonyl (C=O) groups is 3. The highest BCUT2D eigenvalue weighted by Crippen LogP contribution is 2.23. The van der Waals surface area contributed by atoms with Crippen LogP contribution < -0.4 is 15.8 Å². The van der Waals surface area contributed by atoms with E-state index in [1.807, 2.05) is 0 Å². The van der Waals surface area contributed by atoms with Gasteiger partial charge in [-0.2, -0.15) is 0 Å². The number of methoxy groups -OCH3 is 1. The monoisotopic (exact) mass is 380 g/mol. The van der Waals surface area contributed by atoms with Crippen LogP contribution in [0.3, 0.4) is 0 Å². The van der Waals surface area contributed by atoms with Crippen LogP contribution in [0.4, 0.5) is 10.6 Å². The van der Waals surface area contributed by atoms with Crippen LogP contribution in [0.1, 0.15) is 22.8 Å². The Balaban J connectivity index is 2.21. The van der Waals surface area contributed by atoms with Crippen molar-refractivity contribution in [2.45, 2.75) is 19.4 Å². The minimum Gasteiger partial charge on any atom is -0.480 e. The first-order valence-electron chi connectivity index (χ1n) is 7.48. The number of halogens is 1. The van der Waals surface area contributed by atoms with Crippen molar-refractivity contribution in [3.05, 3.63) is 40.4 Å². The molecule has 4 N–H and O–H groups in total. The molecular formula is C16H17ClN4O5. The van der Waals surface area contributed by atoms with E-state index in [1.54, 1.807) is 12.1 Å². The normalized spacial score (nSPS) is 11.5.